The average Bonchev–Trinajstić information content (AvgIpc) is 2.36. The Morgan fingerprint density at radius 1 is 1.48 bits per heavy atom. The van der Waals surface area contributed by atoms with Crippen LogP contribution < -0.4 is 10.0 Å². The Morgan fingerprint density at radius 3 is 2.67 bits per heavy atom. The van der Waals surface area contributed by atoms with Crippen molar-refractivity contribution in [3.63, 3.8) is 0 Å². The second-order valence-electron chi connectivity index (χ2n) is 4.29. The monoisotopic (exact) mass is 320 g/mol. The summed E-state index contributed by atoms with van der Waals surface area (Å²) in [4.78, 5) is 10.3. The number of hydrogen-bond acceptors (Lipinski definition) is 5. The first kappa shape index (κ1) is 17.5. The van der Waals surface area contributed by atoms with Gasteiger partial charge in [0.1, 0.15) is 10.7 Å². The Bertz CT molecular complexity index is 606. The van der Waals surface area contributed by atoms with Crippen molar-refractivity contribution >= 4 is 21.6 Å². The fourth-order valence-corrected chi connectivity index (χ4v) is 2.66. The lowest BCUT2D eigenvalue weighted by atomic mass is 10.3. The van der Waals surface area contributed by atoms with E-state index in [1.165, 1.54) is 20.1 Å². The van der Waals surface area contributed by atoms with Gasteiger partial charge in [-0.3, -0.25) is 4.79 Å². The Balaban J connectivity index is 2.86. The highest BCUT2D eigenvalue weighted by molar-refractivity contribution is 7.89. The third kappa shape index (κ3) is 5.38. The maximum absolute atomic E-state index is 13.8. The van der Waals surface area contributed by atoms with E-state index < -0.39 is 32.7 Å². The minimum Gasteiger partial charge on any atom is -0.389 e. The summed E-state index contributed by atoms with van der Waals surface area (Å²) in [7, 11) is -2.74. The molecule has 0 aliphatic carbocycles. The number of rotatable bonds is 7. The number of benzene rings is 1. The Labute approximate surface area is 122 Å². The highest BCUT2D eigenvalue weighted by atomic mass is 32.2. The molecule has 0 saturated heterocycles. The number of nitrogens with one attached hydrogen (secondary N) is 2. The third-order valence-corrected chi connectivity index (χ3v) is 3.87. The van der Waals surface area contributed by atoms with Crippen molar-refractivity contribution in [3.8, 4) is 0 Å². The van der Waals surface area contributed by atoms with E-state index in [9.17, 15) is 22.7 Å². The van der Waals surface area contributed by atoms with Crippen molar-refractivity contribution < 1.29 is 27.4 Å². The predicted molar refractivity (Wildman–Crippen MR) is 73.8 cm³/mol. The summed E-state index contributed by atoms with van der Waals surface area (Å²) in [5.41, 5.74) is 0.151. The topological polar surface area (TPSA) is 105 Å². The molecule has 0 spiro atoms. The molecule has 118 valence electrons. The van der Waals surface area contributed by atoms with Gasteiger partial charge in [0, 0.05) is 26.3 Å². The second-order valence-corrected chi connectivity index (χ2v) is 6.02. The van der Waals surface area contributed by atoms with Crippen LogP contribution in [0, 0.1) is 5.82 Å². The Morgan fingerprint density at radius 2 is 2.14 bits per heavy atom. The predicted octanol–water partition coefficient (Wildman–Crippen LogP) is 0.0697. The normalized spacial score (nSPS) is 13.0. The number of anilines is 1. The van der Waals surface area contributed by atoms with Crippen LogP contribution in [-0.4, -0.2) is 45.8 Å². The number of sulfonamides is 1. The van der Waals surface area contributed by atoms with Crippen molar-refractivity contribution in [3.05, 3.63) is 24.0 Å². The van der Waals surface area contributed by atoms with E-state index in [1.807, 2.05) is 0 Å². The van der Waals surface area contributed by atoms with Crippen LogP contribution in [0.1, 0.15) is 6.92 Å². The summed E-state index contributed by atoms with van der Waals surface area (Å²) < 4.78 is 44.3. The number of hydrogen-bond donors (Lipinski definition) is 3. The molecule has 0 aromatic heterocycles. The fraction of sp³-hybridized carbons (Fsp3) is 0.417. The first-order valence-corrected chi connectivity index (χ1v) is 7.48. The minimum atomic E-state index is -4.10. The minimum absolute atomic E-state index is 0.0491. The molecule has 7 nitrogen and oxygen atoms in total. The van der Waals surface area contributed by atoms with E-state index in [1.54, 1.807) is 0 Å². The molecule has 9 heteroatoms. The summed E-state index contributed by atoms with van der Waals surface area (Å²) >= 11 is 0. The van der Waals surface area contributed by atoms with E-state index >= 15 is 0 Å². The number of carbonyl (C=O) groups is 1. The molecular formula is C12H17FN2O5S. The van der Waals surface area contributed by atoms with Crippen LogP contribution in [0.3, 0.4) is 0 Å². The molecule has 0 heterocycles. The van der Waals surface area contributed by atoms with Crippen LogP contribution in [0.4, 0.5) is 10.1 Å². The average molecular weight is 320 g/mol. The molecule has 21 heavy (non-hydrogen) atoms. The lowest BCUT2D eigenvalue weighted by molar-refractivity contribution is -0.114. The van der Waals surface area contributed by atoms with Crippen LogP contribution in [0.25, 0.3) is 0 Å². The van der Waals surface area contributed by atoms with Crippen molar-refractivity contribution in [2.24, 2.45) is 0 Å². The Hall–Kier alpha value is -1.55. The molecule has 1 atom stereocenters. The molecule has 1 aromatic rings. The van der Waals surface area contributed by atoms with Crippen LogP contribution in [0.15, 0.2) is 23.1 Å². The number of halogens is 1. The summed E-state index contributed by atoms with van der Waals surface area (Å²) in [5.74, 6) is -1.40. The maximum Gasteiger partial charge on any atom is 0.243 e. The van der Waals surface area contributed by atoms with Gasteiger partial charge in [0.15, 0.2) is 0 Å². The van der Waals surface area contributed by atoms with Gasteiger partial charge in [0.05, 0.1) is 12.7 Å². The molecule has 3 N–H and O–H groups in total. The molecule has 0 bridgehead atoms. The zero-order valence-corrected chi connectivity index (χ0v) is 12.4. The van der Waals surface area contributed by atoms with Crippen LogP contribution >= 0.6 is 0 Å². The van der Waals surface area contributed by atoms with Gasteiger partial charge >= 0.3 is 0 Å². The molecule has 0 saturated carbocycles. The molecule has 0 aliphatic heterocycles. The summed E-state index contributed by atoms with van der Waals surface area (Å²) in [5, 5.41) is 11.7. The standard InChI is InChI=1S/C12H17FN2O5S/c1-8(16)15-9-3-4-12(11(13)5-9)21(18,19)14-6-10(17)7-20-2/h3-5,10,14,17H,6-7H2,1-2H3,(H,15,16). The highest BCUT2D eigenvalue weighted by Crippen LogP contribution is 2.18. The Kier molecular flexibility index (Phi) is 6.21. The van der Waals surface area contributed by atoms with Gasteiger partial charge < -0.3 is 15.2 Å². The summed E-state index contributed by atoms with van der Waals surface area (Å²) in [6, 6.07) is 3.21. The molecular weight excluding hydrogens is 303 g/mol. The van der Waals surface area contributed by atoms with Gasteiger partial charge in [-0.05, 0) is 18.2 Å². The molecule has 0 aliphatic rings. The molecule has 1 rings (SSSR count). The maximum atomic E-state index is 13.8. The van der Waals surface area contributed by atoms with Crippen molar-refractivity contribution in [1.29, 1.82) is 0 Å². The number of aliphatic hydroxyl groups is 1. The first-order valence-electron chi connectivity index (χ1n) is 6.00. The number of carbonyl (C=O) groups excluding carboxylic acids is 1. The molecule has 1 unspecified atom stereocenters. The van der Waals surface area contributed by atoms with Crippen molar-refractivity contribution in [2.45, 2.75) is 17.9 Å². The number of methoxy groups -OCH3 is 1. The van der Waals surface area contributed by atoms with Gasteiger partial charge in [-0.25, -0.2) is 17.5 Å². The molecule has 1 amide bonds. The quantitative estimate of drug-likeness (QED) is 0.659. The van der Waals surface area contributed by atoms with Gasteiger partial charge in [0.25, 0.3) is 0 Å². The molecule has 0 fully saturated rings. The van der Waals surface area contributed by atoms with Gasteiger partial charge in [-0.1, -0.05) is 0 Å². The molecule has 1 aromatic carbocycles. The lowest BCUT2D eigenvalue weighted by Crippen LogP contribution is -2.34. The van der Waals surface area contributed by atoms with Crippen LogP contribution in [0.5, 0.6) is 0 Å². The lowest BCUT2D eigenvalue weighted by Gasteiger charge is -2.12. The van der Waals surface area contributed by atoms with E-state index in [0.717, 1.165) is 12.1 Å². The van der Waals surface area contributed by atoms with Crippen LogP contribution in [-0.2, 0) is 19.6 Å². The van der Waals surface area contributed by atoms with Gasteiger partial charge in [0.2, 0.25) is 15.9 Å². The first-order chi connectivity index (χ1) is 9.76. The zero-order valence-electron chi connectivity index (χ0n) is 11.6. The summed E-state index contributed by atoms with van der Waals surface area (Å²) in [6.45, 7) is 0.900. The number of ether oxygens (including phenoxy) is 1. The van der Waals surface area contributed by atoms with Crippen molar-refractivity contribution in [2.75, 3.05) is 25.6 Å². The van der Waals surface area contributed by atoms with E-state index in [-0.39, 0.29) is 18.8 Å². The SMILES string of the molecule is COCC(O)CNS(=O)(=O)c1ccc(NC(C)=O)cc1F. The van der Waals surface area contributed by atoms with E-state index in [2.05, 4.69) is 14.8 Å². The largest absolute Gasteiger partial charge is 0.389 e. The number of aliphatic hydroxyl groups excluding tert-OH is 1. The zero-order chi connectivity index (χ0) is 16.0. The van der Waals surface area contributed by atoms with Gasteiger partial charge in [-0.2, -0.15) is 0 Å². The van der Waals surface area contributed by atoms with E-state index in [4.69, 9.17) is 0 Å². The smallest absolute Gasteiger partial charge is 0.243 e. The van der Waals surface area contributed by atoms with Crippen molar-refractivity contribution in [1.82, 2.24) is 4.72 Å². The number of amides is 1. The summed E-state index contributed by atoms with van der Waals surface area (Å²) in [6.07, 6.45) is -1.04. The van der Waals surface area contributed by atoms with Gasteiger partial charge in [-0.15, -0.1) is 0 Å². The fourth-order valence-electron chi connectivity index (χ4n) is 1.53. The highest BCUT2D eigenvalue weighted by Gasteiger charge is 2.20. The second kappa shape index (κ2) is 7.46. The van der Waals surface area contributed by atoms with E-state index in [0.29, 0.717) is 0 Å². The molecule has 0 radical (unpaired) electrons. The van der Waals surface area contributed by atoms with Crippen LogP contribution in [0.2, 0.25) is 0 Å². The third-order valence-electron chi connectivity index (χ3n) is 2.41.